The Morgan fingerprint density at radius 1 is 0.956 bits per heavy atom. The second-order valence-electron chi connectivity index (χ2n) is 9.42. The molecule has 10 heteroatoms. The monoisotopic (exact) mass is 613 g/mol. The molecule has 2 heterocycles. The molecular formula is C35H27N5O4S. The molecule has 9 nitrogen and oxygen atoms in total. The lowest BCUT2D eigenvalue weighted by atomic mass is 9.99. The van der Waals surface area contributed by atoms with Gasteiger partial charge in [0.15, 0.2) is 11.5 Å². The van der Waals surface area contributed by atoms with Gasteiger partial charge in [-0.15, -0.1) is 0 Å². The first-order valence-electron chi connectivity index (χ1n) is 14.0. The van der Waals surface area contributed by atoms with Crippen LogP contribution in [0.4, 0.5) is 0 Å². The van der Waals surface area contributed by atoms with Crippen molar-refractivity contribution in [2.24, 2.45) is 5.10 Å². The van der Waals surface area contributed by atoms with Crippen molar-refractivity contribution in [2.75, 3.05) is 12.4 Å². The van der Waals surface area contributed by atoms with Crippen LogP contribution in [0.1, 0.15) is 28.4 Å². The van der Waals surface area contributed by atoms with Gasteiger partial charge >= 0.3 is 5.97 Å². The summed E-state index contributed by atoms with van der Waals surface area (Å²) < 4.78 is 11.4. The highest BCUT2D eigenvalue weighted by Gasteiger charge is 2.18. The van der Waals surface area contributed by atoms with E-state index in [9.17, 15) is 14.9 Å². The molecule has 0 aliphatic carbocycles. The zero-order valence-electron chi connectivity index (χ0n) is 24.2. The number of hydrogen-bond donors (Lipinski definition) is 1. The highest BCUT2D eigenvalue weighted by Crippen LogP contribution is 2.35. The first-order valence-corrected chi connectivity index (χ1v) is 14.9. The molecule has 2 aromatic heterocycles. The number of pyridine rings is 2. The van der Waals surface area contributed by atoms with Crippen LogP contribution >= 0.6 is 11.8 Å². The highest BCUT2D eigenvalue weighted by atomic mass is 32.2. The minimum atomic E-state index is -0.539. The summed E-state index contributed by atoms with van der Waals surface area (Å²) in [5, 5.41) is 14.5. The normalized spacial score (nSPS) is 10.7. The lowest BCUT2D eigenvalue weighted by Gasteiger charge is -2.13. The minimum absolute atomic E-state index is 0.0939. The van der Waals surface area contributed by atoms with Gasteiger partial charge in [-0.1, -0.05) is 72.4 Å². The molecule has 0 spiro atoms. The van der Waals surface area contributed by atoms with Gasteiger partial charge in [0, 0.05) is 23.5 Å². The van der Waals surface area contributed by atoms with Crippen LogP contribution in [0.25, 0.3) is 22.4 Å². The zero-order chi connectivity index (χ0) is 31.4. The number of hydrogen-bond acceptors (Lipinski definition) is 9. The maximum atomic E-state index is 13.0. The third kappa shape index (κ3) is 7.98. The van der Waals surface area contributed by atoms with Crippen molar-refractivity contribution in [2.45, 2.75) is 11.9 Å². The minimum Gasteiger partial charge on any atom is -0.490 e. The Balaban J connectivity index is 1.32. The summed E-state index contributed by atoms with van der Waals surface area (Å²) in [5.74, 6) is -0.458. The van der Waals surface area contributed by atoms with Gasteiger partial charge < -0.3 is 9.47 Å². The SMILES string of the molecule is CCOc1cc(/C=N/NC(=O)c2cccnc2)ccc1OC(=O)CSc1nc(-c2ccccc2)cc(-c2ccccc2)c1C#N. The third-order valence-electron chi connectivity index (χ3n) is 6.37. The smallest absolute Gasteiger partial charge is 0.321 e. The molecule has 0 radical (unpaired) electrons. The maximum absolute atomic E-state index is 13.0. The molecule has 45 heavy (non-hydrogen) atoms. The average Bonchev–Trinajstić information content (AvgIpc) is 3.09. The number of rotatable bonds is 11. The molecule has 0 aliphatic rings. The summed E-state index contributed by atoms with van der Waals surface area (Å²) in [6.07, 6.45) is 4.48. The second kappa shape index (κ2) is 15.1. The Morgan fingerprint density at radius 3 is 2.40 bits per heavy atom. The van der Waals surface area contributed by atoms with E-state index in [1.165, 1.54) is 12.4 Å². The summed E-state index contributed by atoms with van der Waals surface area (Å²) in [5.41, 5.74) is 7.02. The average molecular weight is 614 g/mol. The van der Waals surface area contributed by atoms with Gasteiger partial charge in [0.25, 0.3) is 5.91 Å². The molecule has 0 atom stereocenters. The number of nitrogens with zero attached hydrogens (tertiary/aromatic N) is 4. The second-order valence-corrected chi connectivity index (χ2v) is 10.4. The van der Waals surface area contributed by atoms with Crippen molar-refractivity contribution >= 4 is 29.9 Å². The fourth-order valence-corrected chi connectivity index (χ4v) is 5.08. The van der Waals surface area contributed by atoms with Crippen molar-refractivity contribution in [3.05, 3.63) is 126 Å². The number of ether oxygens (including phenoxy) is 2. The van der Waals surface area contributed by atoms with Crippen LogP contribution < -0.4 is 14.9 Å². The van der Waals surface area contributed by atoms with E-state index in [1.54, 1.807) is 36.5 Å². The summed E-state index contributed by atoms with van der Waals surface area (Å²) in [6.45, 7) is 2.15. The van der Waals surface area contributed by atoms with Gasteiger partial charge in [-0.2, -0.15) is 10.4 Å². The van der Waals surface area contributed by atoms with Crippen LogP contribution in [0.3, 0.4) is 0 Å². The Hall–Kier alpha value is -5.79. The molecule has 5 rings (SSSR count). The van der Waals surface area contributed by atoms with Crippen molar-refractivity contribution in [1.29, 1.82) is 5.26 Å². The number of carbonyl (C=O) groups is 2. The Labute approximate surface area is 264 Å². The maximum Gasteiger partial charge on any atom is 0.321 e. The highest BCUT2D eigenvalue weighted by molar-refractivity contribution is 7.99. The zero-order valence-corrected chi connectivity index (χ0v) is 25.0. The lowest BCUT2D eigenvalue weighted by Crippen LogP contribution is -2.17. The summed E-state index contributed by atoms with van der Waals surface area (Å²) in [6, 6.07) is 31.7. The number of esters is 1. The largest absolute Gasteiger partial charge is 0.490 e. The van der Waals surface area contributed by atoms with E-state index in [0.717, 1.165) is 28.5 Å². The molecule has 0 saturated heterocycles. The standard InChI is InChI=1S/C35H27N5O4S/c1-2-43-32-18-24(21-38-40-34(42)27-14-9-17-37-22-27)15-16-31(32)44-33(41)23-45-35-29(20-36)28(25-10-5-3-6-11-25)19-30(39-35)26-12-7-4-8-13-26/h3-19,21-22H,2,23H2,1H3,(H,40,42)/b38-21+. The van der Waals surface area contributed by atoms with E-state index in [-0.39, 0.29) is 11.5 Å². The molecule has 0 aliphatic heterocycles. The molecule has 0 saturated carbocycles. The molecule has 1 amide bonds. The molecular weight excluding hydrogens is 586 g/mol. The van der Waals surface area contributed by atoms with Gasteiger partial charge in [-0.3, -0.25) is 14.6 Å². The molecule has 5 aromatic rings. The van der Waals surface area contributed by atoms with Crippen LogP contribution in [0, 0.1) is 11.3 Å². The van der Waals surface area contributed by atoms with Gasteiger partial charge in [-0.05, 0) is 54.4 Å². The van der Waals surface area contributed by atoms with Crippen LogP contribution in [0.2, 0.25) is 0 Å². The number of carbonyl (C=O) groups excluding carboxylic acids is 2. The fourth-order valence-electron chi connectivity index (χ4n) is 4.30. The number of aromatic nitrogens is 2. The first kappa shape index (κ1) is 30.7. The number of nitrogens with one attached hydrogen (secondary N) is 1. The predicted molar refractivity (Wildman–Crippen MR) is 173 cm³/mol. The van der Waals surface area contributed by atoms with E-state index in [0.29, 0.717) is 39.8 Å². The van der Waals surface area contributed by atoms with Crippen molar-refractivity contribution in [1.82, 2.24) is 15.4 Å². The summed E-state index contributed by atoms with van der Waals surface area (Å²) in [4.78, 5) is 33.9. The number of nitriles is 1. The lowest BCUT2D eigenvalue weighted by molar-refractivity contribution is -0.131. The van der Waals surface area contributed by atoms with Crippen LogP contribution in [0.5, 0.6) is 11.5 Å². The number of hydrazone groups is 1. The molecule has 0 fully saturated rings. The third-order valence-corrected chi connectivity index (χ3v) is 7.32. The number of amides is 1. The predicted octanol–water partition coefficient (Wildman–Crippen LogP) is 6.54. The topological polar surface area (TPSA) is 127 Å². The summed E-state index contributed by atoms with van der Waals surface area (Å²) >= 11 is 1.14. The van der Waals surface area contributed by atoms with E-state index in [4.69, 9.17) is 14.5 Å². The van der Waals surface area contributed by atoms with Gasteiger partial charge in [0.05, 0.1) is 35.4 Å². The first-order chi connectivity index (χ1) is 22.1. The molecule has 222 valence electrons. The van der Waals surface area contributed by atoms with Gasteiger partial charge in [0.2, 0.25) is 0 Å². The van der Waals surface area contributed by atoms with Crippen LogP contribution in [0.15, 0.2) is 120 Å². The fraction of sp³-hybridized carbons (Fsp3) is 0.0857. The molecule has 3 aromatic carbocycles. The quantitative estimate of drug-likeness (QED) is 0.0585. The van der Waals surface area contributed by atoms with Crippen LogP contribution in [-0.2, 0) is 4.79 Å². The Morgan fingerprint density at radius 2 is 1.71 bits per heavy atom. The summed E-state index contributed by atoms with van der Waals surface area (Å²) in [7, 11) is 0. The van der Waals surface area contributed by atoms with E-state index in [1.807, 2.05) is 73.7 Å². The van der Waals surface area contributed by atoms with Crippen molar-refractivity contribution in [3.8, 4) is 40.0 Å². The van der Waals surface area contributed by atoms with E-state index < -0.39 is 11.9 Å². The van der Waals surface area contributed by atoms with Crippen LogP contribution in [-0.4, -0.2) is 40.4 Å². The number of thioether (sulfide) groups is 1. The van der Waals surface area contributed by atoms with E-state index >= 15 is 0 Å². The van der Waals surface area contributed by atoms with Gasteiger partial charge in [-0.25, -0.2) is 10.4 Å². The van der Waals surface area contributed by atoms with Gasteiger partial charge in [0.1, 0.15) is 11.1 Å². The number of benzene rings is 3. The molecule has 1 N–H and O–H groups in total. The Kier molecular flexibility index (Phi) is 10.3. The van der Waals surface area contributed by atoms with E-state index in [2.05, 4.69) is 21.6 Å². The van der Waals surface area contributed by atoms with Crippen molar-refractivity contribution < 1.29 is 19.1 Å². The molecule has 0 bridgehead atoms. The van der Waals surface area contributed by atoms with Crippen molar-refractivity contribution in [3.63, 3.8) is 0 Å². The Bertz CT molecular complexity index is 1860. The molecule has 0 unspecified atom stereocenters.